The number of esters is 1. The lowest BCUT2D eigenvalue weighted by Crippen LogP contribution is -2.46. The molecular weight excluding hydrogens is 424 g/mol. The SMILES string of the molecule is CCC(C)(C)CC(C)(C(=O)OCCNC(=O)OCC(F)(F)S(=O)(=O)O)C(C)(C)CC. The lowest BCUT2D eigenvalue weighted by atomic mass is 9.58. The van der Waals surface area contributed by atoms with Gasteiger partial charge in [-0.05, 0) is 30.6 Å². The van der Waals surface area contributed by atoms with E-state index in [-0.39, 0.29) is 24.0 Å². The van der Waals surface area contributed by atoms with E-state index < -0.39 is 39.5 Å². The minimum absolute atomic E-state index is 0.0967. The van der Waals surface area contributed by atoms with E-state index in [9.17, 15) is 26.8 Å². The molecule has 1 atom stereocenters. The van der Waals surface area contributed by atoms with Gasteiger partial charge in [-0.3, -0.25) is 9.35 Å². The molecule has 0 fully saturated rings. The normalized spacial score (nSPS) is 15.3. The second-order valence-corrected chi connectivity index (χ2v) is 10.6. The number of amides is 1. The van der Waals surface area contributed by atoms with Gasteiger partial charge in [0.15, 0.2) is 6.61 Å². The Hall–Kier alpha value is -1.49. The van der Waals surface area contributed by atoms with E-state index in [1.807, 2.05) is 34.6 Å². The minimum atomic E-state index is -5.69. The molecule has 30 heavy (non-hydrogen) atoms. The summed E-state index contributed by atoms with van der Waals surface area (Å²) in [6.07, 6.45) is 0.872. The molecule has 178 valence electrons. The number of hydrogen-bond acceptors (Lipinski definition) is 6. The highest BCUT2D eigenvalue weighted by Crippen LogP contribution is 2.50. The van der Waals surface area contributed by atoms with Crippen LogP contribution < -0.4 is 5.32 Å². The topological polar surface area (TPSA) is 119 Å². The lowest BCUT2D eigenvalue weighted by molar-refractivity contribution is -0.166. The monoisotopic (exact) mass is 459 g/mol. The third kappa shape index (κ3) is 7.64. The number of nitrogens with one attached hydrogen (secondary N) is 1. The Kier molecular flexibility index (Phi) is 9.71. The van der Waals surface area contributed by atoms with Crippen LogP contribution in [-0.2, 0) is 24.4 Å². The van der Waals surface area contributed by atoms with Crippen molar-refractivity contribution >= 4 is 22.2 Å². The number of carbonyl (C=O) groups is 2. The Balaban J connectivity index is 4.83. The van der Waals surface area contributed by atoms with Crippen LogP contribution in [0.4, 0.5) is 13.6 Å². The highest BCUT2D eigenvalue weighted by Gasteiger charge is 2.49. The van der Waals surface area contributed by atoms with Crippen LogP contribution in [0.5, 0.6) is 0 Å². The molecule has 0 aliphatic heterocycles. The van der Waals surface area contributed by atoms with Crippen molar-refractivity contribution in [2.24, 2.45) is 16.2 Å². The van der Waals surface area contributed by atoms with E-state index in [1.54, 1.807) is 0 Å². The number of halogens is 2. The Morgan fingerprint density at radius 1 is 1.00 bits per heavy atom. The highest BCUT2D eigenvalue weighted by molar-refractivity contribution is 7.86. The van der Waals surface area contributed by atoms with Crippen LogP contribution in [0.25, 0.3) is 0 Å². The molecule has 0 saturated heterocycles. The van der Waals surface area contributed by atoms with Gasteiger partial charge in [0.1, 0.15) is 6.61 Å². The second-order valence-electron chi connectivity index (χ2n) is 9.02. The number of alkyl carbamates (subject to hydrolysis) is 1. The maximum atomic E-state index is 13.0. The molecule has 1 unspecified atom stereocenters. The van der Waals surface area contributed by atoms with Gasteiger partial charge in [-0.15, -0.1) is 0 Å². The van der Waals surface area contributed by atoms with Gasteiger partial charge in [-0.2, -0.15) is 17.2 Å². The van der Waals surface area contributed by atoms with Gasteiger partial charge < -0.3 is 14.8 Å². The van der Waals surface area contributed by atoms with E-state index in [2.05, 4.69) is 23.9 Å². The van der Waals surface area contributed by atoms with Crippen LogP contribution in [0.15, 0.2) is 0 Å². The van der Waals surface area contributed by atoms with Crippen LogP contribution in [0.1, 0.15) is 67.7 Å². The van der Waals surface area contributed by atoms with E-state index in [0.29, 0.717) is 6.42 Å². The fraction of sp³-hybridized carbons (Fsp3) is 0.895. The zero-order valence-electron chi connectivity index (χ0n) is 18.8. The Labute approximate surface area is 177 Å². The zero-order valence-corrected chi connectivity index (χ0v) is 19.6. The van der Waals surface area contributed by atoms with Crippen LogP contribution in [0.3, 0.4) is 0 Å². The summed E-state index contributed by atoms with van der Waals surface area (Å²) in [7, 11) is -5.69. The fourth-order valence-electron chi connectivity index (χ4n) is 2.79. The van der Waals surface area contributed by atoms with Gasteiger partial charge in [0.05, 0.1) is 12.0 Å². The third-order valence-corrected chi connectivity index (χ3v) is 6.84. The van der Waals surface area contributed by atoms with Crippen molar-refractivity contribution < 1.29 is 40.8 Å². The zero-order chi connectivity index (χ0) is 24.0. The molecule has 0 aliphatic rings. The number of rotatable bonds is 12. The molecule has 0 aromatic carbocycles. The Bertz CT molecular complexity index is 708. The van der Waals surface area contributed by atoms with Crippen molar-refractivity contribution in [2.45, 2.75) is 73.0 Å². The average Bonchev–Trinajstić information content (AvgIpc) is 2.61. The molecule has 0 spiro atoms. The van der Waals surface area contributed by atoms with Crippen molar-refractivity contribution in [3.63, 3.8) is 0 Å². The second kappa shape index (κ2) is 10.2. The maximum Gasteiger partial charge on any atom is 0.407 e. The molecule has 0 bridgehead atoms. The molecule has 8 nitrogen and oxygen atoms in total. The largest absolute Gasteiger partial charge is 0.463 e. The van der Waals surface area contributed by atoms with Crippen molar-refractivity contribution in [1.29, 1.82) is 0 Å². The predicted molar refractivity (Wildman–Crippen MR) is 108 cm³/mol. The van der Waals surface area contributed by atoms with Gasteiger partial charge in [-0.25, -0.2) is 4.79 Å². The van der Waals surface area contributed by atoms with Crippen LogP contribution in [0, 0.1) is 16.2 Å². The average molecular weight is 460 g/mol. The Morgan fingerprint density at radius 3 is 1.97 bits per heavy atom. The van der Waals surface area contributed by atoms with Crippen molar-refractivity contribution in [3.8, 4) is 0 Å². The molecule has 0 aliphatic carbocycles. The first-order chi connectivity index (χ1) is 13.4. The Morgan fingerprint density at radius 2 is 1.53 bits per heavy atom. The van der Waals surface area contributed by atoms with Crippen LogP contribution >= 0.6 is 0 Å². The number of alkyl halides is 2. The van der Waals surface area contributed by atoms with Crippen molar-refractivity contribution in [2.75, 3.05) is 19.8 Å². The van der Waals surface area contributed by atoms with Gasteiger partial charge >= 0.3 is 27.4 Å². The van der Waals surface area contributed by atoms with E-state index in [0.717, 1.165) is 12.8 Å². The van der Waals surface area contributed by atoms with E-state index in [4.69, 9.17) is 9.29 Å². The molecule has 0 rings (SSSR count). The first-order valence-electron chi connectivity index (χ1n) is 9.78. The van der Waals surface area contributed by atoms with Gasteiger partial charge in [0.25, 0.3) is 0 Å². The number of carbonyl (C=O) groups excluding carboxylic acids is 2. The van der Waals surface area contributed by atoms with Gasteiger partial charge in [0.2, 0.25) is 0 Å². The highest BCUT2D eigenvalue weighted by atomic mass is 32.2. The van der Waals surface area contributed by atoms with Gasteiger partial charge in [-0.1, -0.05) is 48.0 Å². The molecule has 0 aromatic rings. The lowest BCUT2D eigenvalue weighted by Gasteiger charge is -2.45. The summed E-state index contributed by atoms with van der Waals surface area (Å²) in [5.74, 6) is -0.427. The molecule has 0 saturated carbocycles. The first kappa shape index (κ1) is 28.5. The van der Waals surface area contributed by atoms with Crippen LogP contribution in [-0.4, -0.2) is 50.0 Å². The third-order valence-electron chi connectivity index (χ3n) is 5.97. The summed E-state index contributed by atoms with van der Waals surface area (Å²) in [6.45, 7) is 11.7. The smallest absolute Gasteiger partial charge is 0.407 e. The predicted octanol–water partition coefficient (Wildman–Crippen LogP) is 4.01. The standard InChI is InChI=1S/C19H35F2NO7S/c1-8-16(3,4)12-18(7,17(5,6)9-2)14(23)28-11-10-22-15(24)29-13-19(20,21)30(25,26)27/h8-13H2,1-7H3,(H,22,24)(H,25,26,27). The van der Waals surface area contributed by atoms with E-state index in [1.165, 1.54) is 0 Å². The molecule has 1 amide bonds. The first-order valence-corrected chi connectivity index (χ1v) is 11.2. The molecule has 0 heterocycles. The summed E-state index contributed by atoms with van der Waals surface area (Å²) < 4.78 is 64.7. The summed E-state index contributed by atoms with van der Waals surface area (Å²) in [5.41, 5.74) is -1.25. The quantitative estimate of drug-likeness (QED) is 0.257. The number of hydrogen-bond donors (Lipinski definition) is 2. The summed E-state index contributed by atoms with van der Waals surface area (Å²) in [5, 5.41) is -2.54. The minimum Gasteiger partial charge on any atom is -0.463 e. The molecule has 0 radical (unpaired) electrons. The molecule has 2 N–H and O–H groups in total. The van der Waals surface area contributed by atoms with Crippen molar-refractivity contribution in [1.82, 2.24) is 5.32 Å². The maximum absolute atomic E-state index is 13.0. The summed E-state index contributed by atoms with van der Waals surface area (Å²) in [4.78, 5) is 24.3. The molecule has 11 heteroatoms. The fourth-order valence-corrected chi connectivity index (χ4v) is 3.00. The van der Waals surface area contributed by atoms with Crippen LogP contribution in [0.2, 0.25) is 0 Å². The number of ether oxygens (including phenoxy) is 2. The molecule has 0 aromatic heterocycles. The van der Waals surface area contributed by atoms with Crippen molar-refractivity contribution in [3.05, 3.63) is 0 Å². The molecular formula is C19H35F2NO7S. The van der Waals surface area contributed by atoms with Gasteiger partial charge in [0, 0.05) is 0 Å². The van der Waals surface area contributed by atoms with E-state index >= 15 is 0 Å². The summed E-state index contributed by atoms with van der Waals surface area (Å²) in [6, 6.07) is 0. The summed E-state index contributed by atoms with van der Waals surface area (Å²) >= 11 is 0.